The van der Waals surface area contributed by atoms with Gasteiger partial charge >= 0.3 is 6.01 Å². The number of ether oxygens (including phenoxy) is 2. The van der Waals surface area contributed by atoms with Gasteiger partial charge in [0.25, 0.3) is 10.0 Å². The Balaban J connectivity index is 1.72. The predicted molar refractivity (Wildman–Crippen MR) is 154 cm³/mol. The Morgan fingerprint density at radius 2 is 1.55 bits per heavy atom. The van der Waals surface area contributed by atoms with Crippen molar-refractivity contribution in [2.24, 2.45) is 5.92 Å². The Bertz CT molecular complexity index is 1450. The van der Waals surface area contributed by atoms with Crippen molar-refractivity contribution in [2.45, 2.75) is 25.7 Å². The Morgan fingerprint density at radius 1 is 0.895 bits per heavy atom. The van der Waals surface area contributed by atoms with Gasteiger partial charge in [-0.3, -0.25) is 0 Å². The molecule has 0 fully saturated rings. The van der Waals surface area contributed by atoms with Gasteiger partial charge in [0.15, 0.2) is 5.82 Å². The summed E-state index contributed by atoms with van der Waals surface area (Å²) in [4.78, 5) is 17.3. The van der Waals surface area contributed by atoms with Gasteiger partial charge in [-0.15, -0.1) is 0 Å². The van der Waals surface area contributed by atoms with Crippen molar-refractivity contribution in [1.82, 2.24) is 19.9 Å². The molecular formula is C27H28IN5O4S. The summed E-state index contributed by atoms with van der Waals surface area (Å²) in [6.07, 6.45) is 4.64. The van der Waals surface area contributed by atoms with Crippen molar-refractivity contribution in [2.75, 3.05) is 24.1 Å². The zero-order chi connectivity index (χ0) is 27.1. The Hall–Kier alpha value is -3.32. The van der Waals surface area contributed by atoms with Crippen LogP contribution in [0.25, 0.3) is 11.1 Å². The Kier molecular flexibility index (Phi) is 9.10. The summed E-state index contributed by atoms with van der Waals surface area (Å²) in [5, 5.41) is 0. The second-order valence-electron chi connectivity index (χ2n) is 8.87. The summed E-state index contributed by atoms with van der Waals surface area (Å²) in [6, 6.07) is 16.3. The fourth-order valence-corrected chi connectivity index (χ4v) is 5.52. The third-order valence-electron chi connectivity index (χ3n) is 5.38. The molecule has 0 bridgehead atoms. The third-order valence-corrected chi connectivity index (χ3v) is 7.71. The quantitative estimate of drug-likeness (QED) is 0.163. The van der Waals surface area contributed by atoms with E-state index in [9.17, 15) is 8.42 Å². The minimum absolute atomic E-state index is 0.0287. The Labute approximate surface area is 236 Å². The fraction of sp³-hybridized carbons (Fsp3) is 0.259. The van der Waals surface area contributed by atoms with Crippen molar-refractivity contribution in [3.63, 3.8) is 0 Å². The molecule has 0 radical (unpaired) electrons. The van der Waals surface area contributed by atoms with Crippen molar-refractivity contribution < 1.29 is 17.9 Å². The minimum Gasteiger partial charge on any atom is -0.473 e. The zero-order valence-corrected chi connectivity index (χ0v) is 24.3. The maximum absolute atomic E-state index is 13.8. The van der Waals surface area contributed by atoms with E-state index in [1.807, 2.05) is 45.0 Å². The molecule has 0 unspecified atom stereocenters. The molecule has 0 spiro atoms. The van der Waals surface area contributed by atoms with Gasteiger partial charge in [-0.1, -0.05) is 61.9 Å². The normalized spacial score (nSPS) is 11.4. The van der Waals surface area contributed by atoms with Crippen LogP contribution in [0.4, 0.5) is 5.82 Å². The SMILES string of the molecule is Cc1ccc(-c2c(OCCOc3ncc(I)cn3)ncnc2N(CC(C)C)S(=O)(=O)c2ccccc2)cc1. The first-order valence-corrected chi connectivity index (χ1v) is 14.5. The lowest BCUT2D eigenvalue weighted by molar-refractivity contribution is 0.202. The average Bonchev–Trinajstić information content (AvgIpc) is 2.91. The predicted octanol–water partition coefficient (Wildman–Crippen LogP) is 5.16. The van der Waals surface area contributed by atoms with Gasteiger partial charge in [0.2, 0.25) is 5.88 Å². The van der Waals surface area contributed by atoms with Gasteiger partial charge in [0, 0.05) is 22.5 Å². The largest absolute Gasteiger partial charge is 0.473 e. The van der Waals surface area contributed by atoms with Crippen LogP contribution in [-0.4, -0.2) is 48.1 Å². The van der Waals surface area contributed by atoms with Crippen LogP contribution < -0.4 is 13.8 Å². The van der Waals surface area contributed by atoms with Gasteiger partial charge < -0.3 is 9.47 Å². The number of benzene rings is 2. The second kappa shape index (κ2) is 12.5. The van der Waals surface area contributed by atoms with Gasteiger partial charge in [0.05, 0.1) is 10.5 Å². The number of halogens is 1. The molecule has 2 heterocycles. The molecule has 0 amide bonds. The van der Waals surface area contributed by atoms with Gasteiger partial charge in [0.1, 0.15) is 19.5 Å². The average molecular weight is 646 g/mol. The number of hydrogen-bond donors (Lipinski definition) is 0. The van der Waals surface area contributed by atoms with Crippen LogP contribution in [0.1, 0.15) is 19.4 Å². The van der Waals surface area contributed by atoms with Crippen LogP contribution >= 0.6 is 22.6 Å². The number of aryl methyl sites for hydroxylation is 1. The lowest BCUT2D eigenvalue weighted by Crippen LogP contribution is -2.35. The highest BCUT2D eigenvalue weighted by molar-refractivity contribution is 14.1. The molecule has 0 saturated carbocycles. The van der Waals surface area contributed by atoms with Crippen LogP contribution in [0.3, 0.4) is 0 Å². The molecule has 4 aromatic rings. The van der Waals surface area contributed by atoms with Crippen molar-refractivity contribution in [1.29, 1.82) is 0 Å². The molecule has 0 aliphatic heterocycles. The van der Waals surface area contributed by atoms with Crippen molar-refractivity contribution in [3.8, 4) is 23.0 Å². The van der Waals surface area contributed by atoms with Gasteiger partial charge in [-0.25, -0.2) is 32.7 Å². The highest BCUT2D eigenvalue weighted by atomic mass is 127. The van der Waals surface area contributed by atoms with Crippen molar-refractivity contribution >= 4 is 38.4 Å². The van der Waals surface area contributed by atoms with E-state index < -0.39 is 10.0 Å². The molecule has 2 aromatic heterocycles. The highest BCUT2D eigenvalue weighted by Crippen LogP contribution is 2.38. The first-order chi connectivity index (χ1) is 18.3. The van der Waals surface area contributed by atoms with E-state index in [0.717, 1.165) is 14.7 Å². The first kappa shape index (κ1) is 27.7. The van der Waals surface area contributed by atoms with E-state index in [1.54, 1.807) is 42.7 Å². The molecule has 4 rings (SSSR count). The maximum atomic E-state index is 13.8. The van der Waals surface area contributed by atoms with E-state index >= 15 is 0 Å². The topological polar surface area (TPSA) is 107 Å². The highest BCUT2D eigenvalue weighted by Gasteiger charge is 2.31. The molecule has 0 atom stereocenters. The van der Waals surface area contributed by atoms with Crippen molar-refractivity contribution in [3.05, 3.63) is 82.5 Å². The summed E-state index contributed by atoms with van der Waals surface area (Å²) < 4.78 is 41.6. The van der Waals surface area contributed by atoms with Crippen LogP contribution in [0, 0.1) is 16.4 Å². The summed E-state index contributed by atoms with van der Waals surface area (Å²) in [6.45, 7) is 6.44. The zero-order valence-electron chi connectivity index (χ0n) is 21.3. The molecule has 38 heavy (non-hydrogen) atoms. The number of nitrogens with zero attached hydrogens (tertiary/aromatic N) is 5. The van der Waals surface area contributed by atoms with E-state index in [4.69, 9.17) is 9.47 Å². The smallest absolute Gasteiger partial charge is 0.316 e. The van der Waals surface area contributed by atoms with Crippen LogP contribution in [0.5, 0.6) is 11.9 Å². The lowest BCUT2D eigenvalue weighted by atomic mass is 10.1. The Morgan fingerprint density at radius 3 is 2.21 bits per heavy atom. The molecule has 0 N–H and O–H groups in total. The van der Waals surface area contributed by atoms with E-state index in [2.05, 4.69) is 42.5 Å². The molecule has 198 valence electrons. The fourth-order valence-electron chi connectivity index (χ4n) is 3.63. The number of sulfonamides is 1. The molecule has 0 saturated heterocycles. The third kappa shape index (κ3) is 6.76. The summed E-state index contributed by atoms with van der Waals surface area (Å²) >= 11 is 2.12. The van der Waals surface area contributed by atoms with E-state index in [0.29, 0.717) is 5.56 Å². The molecule has 0 aliphatic carbocycles. The number of aromatic nitrogens is 4. The van der Waals surface area contributed by atoms with E-state index in [-0.39, 0.29) is 48.3 Å². The molecule has 0 aliphatic rings. The molecule has 2 aromatic carbocycles. The monoisotopic (exact) mass is 645 g/mol. The standard InChI is InChI=1S/C27H28IN5O4S/c1-19(2)17-33(38(34,35)23-7-5-4-6-8-23)25-24(21-11-9-20(3)10-12-21)26(32-18-31-25)36-13-14-37-27-29-15-22(28)16-30-27/h4-12,15-16,18-19H,13-14,17H2,1-3H3. The molecule has 11 heteroatoms. The minimum atomic E-state index is -3.92. The van der Waals surface area contributed by atoms with Crippen LogP contribution in [0.15, 0.2) is 78.2 Å². The molecular weight excluding hydrogens is 617 g/mol. The first-order valence-electron chi connectivity index (χ1n) is 12.0. The number of anilines is 1. The second-order valence-corrected chi connectivity index (χ2v) is 12.0. The van der Waals surface area contributed by atoms with E-state index in [1.165, 1.54) is 10.6 Å². The number of rotatable bonds is 11. The van der Waals surface area contributed by atoms with Gasteiger partial charge in [-0.2, -0.15) is 0 Å². The maximum Gasteiger partial charge on any atom is 0.316 e. The summed E-state index contributed by atoms with van der Waals surface area (Å²) in [5.41, 5.74) is 2.29. The molecule has 9 nitrogen and oxygen atoms in total. The lowest BCUT2D eigenvalue weighted by Gasteiger charge is -2.27. The van der Waals surface area contributed by atoms with Crippen LogP contribution in [-0.2, 0) is 10.0 Å². The number of hydrogen-bond acceptors (Lipinski definition) is 8. The van der Waals surface area contributed by atoms with Crippen LogP contribution in [0.2, 0.25) is 0 Å². The van der Waals surface area contributed by atoms with Gasteiger partial charge in [-0.05, 0) is 53.1 Å². The summed E-state index contributed by atoms with van der Waals surface area (Å²) in [7, 11) is -3.92. The summed E-state index contributed by atoms with van der Waals surface area (Å²) in [5.74, 6) is 0.530.